The third kappa shape index (κ3) is 4.47. The van der Waals surface area contributed by atoms with Crippen LogP contribution in [-0.2, 0) is 16.0 Å². The normalized spacial score (nSPS) is 20.5. The van der Waals surface area contributed by atoms with Gasteiger partial charge >= 0.3 is 12.1 Å². The Hall–Kier alpha value is -2.84. The molecule has 9 heteroatoms. The summed E-state index contributed by atoms with van der Waals surface area (Å²) in [5, 5.41) is 13.4. The van der Waals surface area contributed by atoms with Gasteiger partial charge in [-0.05, 0) is 24.6 Å². The van der Waals surface area contributed by atoms with Gasteiger partial charge in [0, 0.05) is 19.3 Å². The molecule has 0 aliphatic carbocycles. The average molecular weight is 381 g/mol. The van der Waals surface area contributed by atoms with Gasteiger partial charge in [0.05, 0.1) is 29.6 Å². The molecule has 0 unspecified atom stereocenters. The fourth-order valence-electron chi connectivity index (χ4n) is 3.17. The highest BCUT2D eigenvalue weighted by atomic mass is 19.4. The molecular weight excluding hydrogens is 363 g/mol. The van der Waals surface area contributed by atoms with Crippen LogP contribution >= 0.6 is 0 Å². The van der Waals surface area contributed by atoms with E-state index in [1.54, 1.807) is 16.9 Å². The van der Waals surface area contributed by atoms with Crippen molar-refractivity contribution in [2.24, 2.45) is 11.8 Å². The summed E-state index contributed by atoms with van der Waals surface area (Å²) in [5.41, 5.74) is 1.20. The lowest BCUT2D eigenvalue weighted by atomic mass is 9.88. The predicted octanol–water partition coefficient (Wildman–Crippen LogP) is 2.53. The van der Waals surface area contributed by atoms with E-state index in [2.05, 4.69) is 5.10 Å². The maximum atomic E-state index is 13.1. The van der Waals surface area contributed by atoms with Crippen molar-refractivity contribution in [1.82, 2.24) is 14.7 Å². The van der Waals surface area contributed by atoms with Crippen LogP contribution in [0.15, 0.2) is 42.6 Å². The quantitative estimate of drug-likeness (QED) is 0.883. The summed E-state index contributed by atoms with van der Waals surface area (Å²) in [6.07, 6.45) is -3.57. The molecule has 2 heterocycles. The molecule has 1 aliphatic rings. The monoisotopic (exact) mass is 381 g/mol. The lowest BCUT2D eigenvalue weighted by Crippen LogP contribution is -2.50. The molecule has 6 nitrogen and oxygen atoms in total. The minimum absolute atomic E-state index is 0.184. The Kier molecular flexibility index (Phi) is 5.20. The van der Waals surface area contributed by atoms with Crippen LogP contribution < -0.4 is 0 Å². The lowest BCUT2D eigenvalue weighted by molar-refractivity contribution is -0.194. The van der Waals surface area contributed by atoms with E-state index in [-0.39, 0.29) is 13.0 Å². The van der Waals surface area contributed by atoms with Gasteiger partial charge in [0.2, 0.25) is 5.91 Å². The zero-order chi connectivity index (χ0) is 19.6. The molecule has 0 spiro atoms. The fourth-order valence-corrected chi connectivity index (χ4v) is 3.17. The van der Waals surface area contributed by atoms with Gasteiger partial charge in [-0.2, -0.15) is 18.3 Å². The van der Waals surface area contributed by atoms with Crippen LogP contribution in [-0.4, -0.2) is 50.9 Å². The third-order valence-electron chi connectivity index (χ3n) is 4.61. The number of hydrogen-bond acceptors (Lipinski definition) is 3. The zero-order valence-electron chi connectivity index (χ0n) is 14.3. The number of carboxylic acid groups (broad SMARTS) is 1. The van der Waals surface area contributed by atoms with Crippen molar-refractivity contribution in [3.63, 3.8) is 0 Å². The molecular formula is C18H18F3N3O3. The highest BCUT2D eigenvalue weighted by molar-refractivity contribution is 5.79. The minimum Gasteiger partial charge on any atom is -0.481 e. The van der Waals surface area contributed by atoms with Crippen molar-refractivity contribution < 1.29 is 27.9 Å². The van der Waals surface area contributed by atoms with Crippen LogP contribution in [0.25, 0.3) is 5.69 Å². The second-order valence-electron chi connectivity index (χ2n) is 6.57. The highest BCUT2D eigenvalue weighted by Gasteiger charge is 2.47. The van der Waals surface area contributed by atoms with Gasteiger partial charge in [-0.25, -0.2) is 4.68 Å². The van der Waals surface area contributed by atoms with Gasteiger partial charge in [0.25, 0.3) is 0 Å². The average Bonchev–Trinajstić information content (AvgIpc) is 3.09. The summed E-state index contributed by atoms with van der Waals surface area (Å²) in [5.74, 6) is -4.95. The Morgan fingerprint density at radius 3 is 2.48 bits per heavy atom. The Labute approximate surface area is 153 Å². The molecule has 1 fully saturated rings. The number of aliphatic carboxylic acids is 1. The van der Waals surface area contributed by atoms with Crippen LogP contribution in [0.2, 0.25) is 0 Å². The zero-order valence-corrected chi connectivity index (χ0v) is 14.3. The molecule has 3 rings (SSSR count). The van der Waals surface area contributed by atoms with Gasteiger partial charge in [-0.1, -0.05) is 18.2 Å². The highest BCUT2D eigenvalue weighted by Crippen LogP contribution is 2.35. The molecule has 0 radical (unpaired) electrons. The van der Waals surface area contributed by atoms with E-state index < -0.39 is 42.9 Å². The molecule has 1 aromatic heterocycles. The predicted molar refractivity (Wildman–Crippen MR) is 89.1 cm³/mol. The number of aromatic nitrogens is 2. The summed E-state index contributed by atoms with van der Waals surface area (Å²) < 4.78 is 40.8. The number of benzene rings is 1. The molecule has 0 saturated carbocycles. The number of piperidine rings is 1. The number of nitrogens with zero attached hydrogens (tertiary/aromatic N) is 3. The molecule has 1 N–H and O–H groups in total. The number of likely N-dealkylation sites (tertiary alicyclic amines) is 1. The van der Waals surface area contributed by atoms with Crippen LogP contribution in [0, 0.1) is 11.8 Å². The number of carboxylic acids is 1. The van der Waals surface area contributed by atoms with Crippen LogP contribution in [0.3, 0.4) is 0 Å². The first-order valence-corrected chi connectivity index (χ1v) is 8.41. The van der Waals surface area contributed by atoms with Crippen molar-refractivity contribution >= 4 is 11.9 Å². The summed E-state index contributed by atoms with van der Waals surface area (Å²) in [6.45, 7) is -0.744. The maximum Gasteiger partial charge on any atom is 0.393 e. The summed E-state index contributed by atoms with van der Waals surface area (Å²) in [7, 11) is 0. The SMILES string of the molecule is O=C(O)[C@@H]1C[C@H](C(F)(F)F)CN(C(=O)Cc2ccn(-c3ccccc3)n2)C1. The molecule has 2 atom stereocenters. The van der Waals surface area contributed by atoms with E-state index in [1.165, 1.54) is 0 Å². The second-order valence-corrected chi connectivity index (χ2v) is 6.57. The van der Waals surface area contributed by atoms with E-state index in [4.69, 9.17) is 5.11 Å². The Morgan fingerprint density at radius 1 is 1.15 bits per heavy atom. The summed E-state index contributed by atoms with van der Waals surface area (Å²) in [6, 6.07) is 10.8. The molecule has 1 saturated heterocycles. The van der Waals surface area contributed by atoms with Gasteiger partial charge in [0.15, 0.2) is 0 Å². The van der Waals surface area contributed by atoms with E-state index in [1.807, 2.05) is 30.3 Å². The largest absolute Gasteiger partial charge is 0.481 e. The Bertz CT molecular complexity index is 820. The standard InChI is InChI=1S/C18H18F3N3O3/c19-18(20,21)13-8-12(17(26)27)10-23(11-13)16(25)9-14-6-7-24(22-14)15-4-2-1-3-5-15/h1-7,12-13H,8-11H2,(H,26,27)/t12-,13+/m1/s1. The van der Waals surface area contributed by atoms with E-state index in [0.29, 0.717) is 5.69 Å². The first kappa shape index (κ1) is 18.9. The first-order valence-electron chi connectivity index (χ1n) is 8.41. The number of carbonyl (C=O) groups is 2. The first-order chi connectivity index (χ1) is 12.7. The van der Waals surface area contributed by atoms with Crippen LogP contribution in [0.4, 0.5) is 13.2 Å². The number of para-hydroxylation sites is 1. The number of alkyl halides is 3. The maximum absolute atomic E-state index is 13.1. The van der Waals surface area contributed by atoms with E-state index >= 15 is 0 Å². The molecule has 0 bridgehead atoms. The number of amides is 1. The number of halogens is 3. The van der Waals surface area contributed by atoms with E-state index in [9.17, 15) is 22.8 Å². The summed E-state index contributed by atoms with van der Waals surface area (Å²) in [4.78, 5) is 24.7. The molecule has 1 amide bonds. The van der Waals surface area contributed by atoms with Gasteiger partial charge in [-0.3, -0.25) is 9.59 Å². The molecule has 1 aliphatic heterocycles. The Balaban J connectivity index is 1.71. The van der Waals surface area contributed by atoms with Crippen molar-refractivity contribution in [2.45, 2.75) is 19.0 Å². The number of hydrogen-bond donors (Lipinski definition) is 1. The fraction of sp³-hybridized carbons (Fsp3) is 0.389. The van der Waals surface area contributed by atoms with Gasteiger partial charge in [-0.15, -0.1) is 0 Å². The van der Waals surface area contributed by atoms with Crippen LogP contribution in [0.5, 0.6) is 0 Å². The Morgan fingerprint density at radius 2 is 1.85 bits per heavy atom. The molecule has 1 aromatic carbocycles. The van der Waals surface area contributed by atoms with Crippen LogP contribution in [0.1, 0.15) is 12.1 Å². The smallest absolute Gasteiger partial charge is 0.393 e. The molecule has 2 aromatic rings. The molecule has 144 valence electrons. The van der Waals surface area contributed by atoms with E-state index in [0.717, 1.165) is 10.6 Å². The molecule has 27 heavy (non-hydrogen) atoms. The minimum atomic E-state index is -4.54. The number of rotatable bonds is 4. The summed E-state index contributed by atoms with van der Waals surface area (Å²) >= 11 is 0. The van der Waals surface area contributed by atoms with Crippen molar-refractivity contribution in [3.05, 3.63) is 48.3 Å². The van der Waals surface area contributed by atoms with Gasteiger partial charge < -0.3 is 10.0 Å². The topological polar surface area (TPSA) is 75.4 Å². The van der Waals surface area contributed by atoms with Crippen molar-refractivity contribution in [2.75, 3.05) is 13.1 Å². The number of carbonyl (C=O) groups excluding carboxylic acids is 1. The van der Waals surface area contributed by atoms with Gasteiger partial charge in [0.1, 0.15) is 0 Å². The third-order valence-corrected chi connectivity index (χ3v) is 4.61. The van der Waals surface area contributed by atoms with Crippen molar-refractivity contribution in [1.29, 1.82) is 0 Å². The second kappa shape index (κ2) is 7.42. The van der Waals surface area contributed by atoms with Crippen molar-refractivity contribution in [3.8, 4) is 5.69 Å². The lowest BCUT2D eigenvalue weighted by Gasteiger charge is -2.36.